The summed E-state index contributed by atoms with van der Waals surface area (Å²) in [5.74, 6) is 0.126. The fourth-order valence-electron chi connectivity index (χ4n) is 2.55. The molecule has 1 aromatic heterocycles. The molecule has 3 rings (SSSR count). The van der Waals surface area contributed by atoms with E-state index in [1.807, 2.05) is 25.1 Å². The number of fused-ring (bicyclic) bond motifs is 1. The second-order valence-corrected chi connectivity index (χ2v) is 5.26. The average molecular weight is 300 g/mol. The molecule has 0 fully saturated rings. The first-order chi connectivity index (χ1) is 10.1. The van der Waals surface area contributed by atoms with Crippen molar-refractivity contribution >= 4 is 22.4 Å². The Morgan fingerprint density at radius 1 is 1.14 bits per heavy atom. The molecule has 4 heteroatoms. The van der Waals surface area contributed by atoms with Crippen molar-refractivity contribution in [1.29, 1.82) is 0 Å². The highest BCUT2D eigenvalue weighted by atomic mass is 35.5. The smallest absolute Gasteiger partial charge is 0.264 e. The van der Waals surface area contributed by atoms with E-state index in [-0.39, 0.29) is 11.3 Å². The zero-order valence-electron chi connectivity index (χ0n) is 11.5. The third-order valence-corrected chi connectivity index (χ3v) is 3.84. The van der Waals surface area contributed by atoms with Crippen LogP contribution in [0.25, 0.3) is 16.5 Å². The van der Waals surface area contributed by atoms with Crippen LogP contribution in [-0.2, 0) is 6.42 Å². The topological polar surface area (TPSA) is 42.2 Å². The van der Waals surface area contributed by atoms with E-state index in [1.165, 1.54) is 0 Å². The normalized spacial score (nSPS) is 11.0. The van der Waals surface area contributed by atoms with Gasteiger partial charge >= 0.3 is 0 Å². The van der Waals surface area contributed by atoms with Crippen LogP contribution in [0.15, 0.2) is 53.3 Å². The minimum absolute atomic E-state index is 0.126. The van der Waals surface area contributed by atoms with E-state index >= 15 is 0 Å². The van der Waals surface area contributed by atoms with Gasteiger partial charge in [0, 0.05) is 11.8 Å². The van der Waals surface area contributed by atoms with Crippen molar-refractivity contribution in [3.63, 3.8) is 0 Å². The Morgan fingerprint density at radius 2 is 1.90 bits per heavy atom. The third-order valence-electron chi connectivity index (χ3n) is 3.52. The molecule has 0 bridgehead atoms. The number of halogens is 1. The van der Waals surface area contributed by atoms with Crippen LogP contribution in [0.4, 0.5) is 0 Å². The summed E-state index contributed by atoms with van der Waals surface area (Å²) in [6.07, 6.45) is 0.702. The predicted molar refractivity (Wildman–Crippen MR) is 85.6 cm³/mol. The first kappa shape index (κ1) is 13.7. The number of phenolic OH excluding ortho intramolecular Hbond substituents is 1. The number of aromatic hydroxyl groups is 1. The zero-order valence-corrected chi connectivity index (χ0v) is 12.3. The van der Waals surface area contributed by atoms with Gasteiger partial charge in [-0.1, -0.05) is 36.7 Å². The summed E-state index contributed by atoms with van der Waals surface area (Å²) >= 11 is 6.19. The molecular weight excluding hydrogens is 286 g/mol. The molecule has 2 aromatic carbocycles. The first-order valence-corrected chi connectivity index (χ1v) is 7.12. The van der Waals surface area contributed by atoms with Crippen LogP contribution < -0.4 is 5.56 Å². The Labute approximate surface area is 127 Å². The van der Waals surface area contributed by atoms with Gasteiger partial charge < -0.3 is 5.11 Å². The standard InChI is InChI=1S/C17H14ClNO2/c1-2-12-9-11-5-3-8-15(18)16(11)17(21)19(12)13-6-4-7-14(20)10-13/h3-10,20H,2H2,1H3. The number of pyridine rings is 1. The van der Waals surface area contributed by atoms with Gasteiger partial charge in [0.05, 0.1) is 16.1 Å². The van der Waals surface area contributed by atoms with Crippen LogP contribution in [0.3, 0.4) is 0 Å². The fraction of sp³-hybridized carbons (Fsp3) is 0.118. The summed E-state index contributed by atoms with van der Waals surface area (Å²) in [5.41, 5.74) is 1.35. The van der Waals surface area contributed by atoms with Crippen LogP contribution >= 0.6 is 11.6 Å². The largest absolute Gasteiger partial charge is 0.508 e. The average Bonchev–Trinajstić information content (AvgIpc) is 2.46. The Balaban J connectivity index is 2.44. The molecule has 0 aliphatic heterocycles. The second kappa shape index (κ2) is 5.26. The number of rotatable bonds is 2. The van der Waals surface area contributed by atoms with Gasteiger partial charge in [0.25, 0.3) is 5.56 Å². The highest BCUT2D eigenvalue weighted by molar-refractivity contribution is 6.35. The number of nitrogens with zero attached hydrogens (tertiary/aromatic N) is 1. The van der Waals surface area contributed by atoms with Crippen molar-refractivity contribution in [2.24, 2.45) is 0 Å². The quantitative estimate of drug-likeness (QED) is 0.779. The molecule has 0 amide bonds. The van der Waals surface area contributed by atoms with Gasteiger partial charge in [-0.25, -0.2) is 0 Å². The number of hydrogen-bond donors (Lipinski definition) is 1. The molecule has 106 valence electrons. The third kappa shape index (κ3) is 2.30. The SMILES string of the molecule is CCc1cc2cccc(Cl)c2c(=O)n1-c1cccc(O)c1. The molecule has 0 aliphatic carbocycles. The Bertz CT molecular complexity index is 884. The fourth-order valence-corrected chi connectivity index (χ4v) is 2.81. The molecule has 0 aliphatic rings. The van der Waals surface area contributed by atoms with Crippen LogP contribution in [-0.4, -0.2) is 9.67 Å². The molecule has 21 heavy (non-hydrogen) atoms. The summed E-state index contributed by atoms with van der Waals surface area (Å²) in [7, 11) is 0. The van der Waals surface area contributed by atoms with Crippen LogP contribution in [0.5, 0.6) is 5.75 Å². The van der Waals surface area contributed by atoms with Crippen molar-refractivity contribution in [3.05, 3.63) is 69.6 Å². The van der Waals surface area contributed by atoms with Gasteiger partial charge in [-0.2, -0.15) is 0 Å². The van der Waals surface area contributed by atoms with E-state index in [9.17, 15) is 9.90 Å². The maximum Gasteiger partial charge on any atom is 0.264 e. The second-order valence-electron chi connectivity index (χ2n) is 4.85. The number of aryl methyl sites for hydroxylation is 1. The molecule has 3 aromatic rings. The number of benzene rings is 2. The van der Waals surface area contributed by atoms with Crippen molar-refractivity contribution in [3.8, 4) is 11.4 Å². The molecule has 0 atom stereocenters. The van der Waals surface area contributed by atoms with E-state index < -0.39 is 0 Å². The van der Waals surface area contributed by atoms with E-state index in [4.69, 9.17) is 11.6 Å². The van der Waals surface area contributed by atoms with E-state index in [1.54, 1.807) is 34.9 Å². The van der Waals surface area contributed by atoms with Gasteiger partial charge in [0.2, 0.25) is 0 Å². The Kier molecular flexibility index (Phi) is 3.43. The lowest BCUT2D eigenvalue weighted by molar-refractivity contribution is 0.475. The van der Waals surface area contributed by atoms with Gasteiger partial charge in [-0.3, -0.25) is 9.36 Å². The maximum atomic E-state index is 12.8. The van der Waals surface area contributed by atoms with Crippen LogP contribution in [0.2, 0.25) is 5.02 Å². The molecule has 1 N–H and O–H groups in total. The van der Waals surface area contributed by atoms with E-state index in [0.29, 0.717) is 22.5 Å². The molecule has 1 heterocycles. The first-order valence-electron chi connectivity index (χ1n) is 6.74. The lowest BCUT2D eigenvalue weighted by atomic mass is 10.1. The van der Waals surface area contributed by atoms with Gasteiger partial charge in [0.1, 0.15) is 5.75 Å². The molecule has 3 nitrogen and oxygen atoms in total. The minimum Gasteiger partial charge on any atom is -0.508 e. The van der Waals surface area contributed by atoms with Crippen molar-refractivity contribution in [1.82, 2.24) is 4.57 Å². The van der Waals surface area contributed by atoms with Gasteiger partial charge in [-0.05, 0) is 36.1 Å². The molecule has 0 spiro atoms. The molecule has 0 saturated carbocycles. The maximum absolute atomic E-state index is 12.8. The lowest BCUT2D eigenvalue weighted by Gasteiger charge is -2.14. The monoisotopic (exact) mass is 299 g/mol. The predicted octanol–water partition coefficient (Wildman–Crippen LogP) is 3.91. The van der Waals surface area contributed by atoms with Crippen molar-refractivity contribution in [2.45, 2.75) is 13.3 Å². The minimum atomic E-state index is -0.166. The van der Waals surface area contributed by atoms with Crippen molar-refractivity contribution < 1.29 is 5.11 Å². The molecule has 0 radical (unpaired) electrons. The summed E-state index contributed by atoms with van der Waals surface area (Å²) in [5, 5.41) is 11.4. The number of phenols is 1. The Morgan fingerprint density at radius 3 is 2.62 bits per heavy atom. The number of aromatic nitrogens is 1. The zero-order chi connectivity index (χ0) is 15.0. The van der Waals surface area contributed by atoms with Crippen molar-refractivity contribution in [2.75, 3.05) is 0 Å². The summed E-state index contributed by atoms with van der Waals surface area (Å²) < 4.78 is 1.61. The molecule has 0 saturated heterocycles. The van der Waals surface area contributed by atoms with Crippen LogP contribution in [0, 0.1) is 0 Å². The highest BCUT2D eigenvalue weighted by Crippen LogP contribution is 2.23. The summed E-state index contributed by atoms with van der Waals surface area (Å²) in [6, 6.07) is 14.1. The van der Waals surface area contributed by atoms with E-state index in [0.717, 1.165) is 11.1 Å². The highest BCUT2D eigenvalue weighted by Gasteiger charge is 2.12. The molecule has 0 unspecified atom stereocenters. The summed E-state index contributed by atoms with van der Waals surface area (Å²) in [6.45, 7) is 1.99. The lowest BCUT2D eigenvalue weighted by Crippen LogP contribution is -2.22. The summed E-state index contributed by atoms with van der Waals surface area (Å²) in [4.78, 5) is 12.8. The molecular formula is C17H14ClNO2. The van der Waals surface area contributed by atoms with Gasteiger partial charge in [0.15, 0.2) is 0 Å². The Hall–Kier alpha value is -2.26. The van der Waals surface area contributed by atoms with Gasteiger partial charge in [-0.15, -0.1) is 0 Å². The van der Waals surface area contributed by atoms with E-state index in [2.05, 4.69) is 0 Å². The van der Waals surface area contributed by atoms with Crippen LogP contribution in [0.1, 0.15) is 12.6 Å². The number of hydrogen-bond acceptors (Lipinski definition) is 2.